The molecule has 2 aromatic rings. The van der Waals surface area contributed by atoms with Crippen LogP contribution in [0, 0.1) is 0 Å². The Morgan fingerprint density at radius 3 is 3.07 bits per heavy atom. The number of para-hydroxylation sites is 1. The van der Waals surface area contributed by atoms with Crippen LogP contribution in [0.4, 0.5) is 0 Å². The first-order valence-electron chi connectivity index (χ1n) is 4.63. The van der Waals surface area contributed by atoms with Gasteiger partial charge in [-0.05, 0) is 18.6 Å². The molecule has 0 amide bonds. The highest BCUT2D eigenvalue weighted by molar-refractivity contribution is 5.73. The highest BCUT2D eigenvalue weighted by Gasteiger charge is 2.01. The Labute approximate surface area is 81.9 Å². The lowest BCUT2D eigenvalue weighted by Gasteiger charge is -2.00. The molecule has 1 heterocycles. The Morgan fingerprint density at radius 2 is 2.21 bits per heavy atom. The Bertz CT molecular complexity index is 408. The van der Waals surface area contributed by atoms with Gasteiger partial charge in [0.1, 0.15) is 5.52 Å². The number of benzene rings is 1. The van der Waals surface area contributed by atoms with Crippen LogP contribution < -0.4 is 11.3 Å². The molecule has 0 radical (unpaired) electrons. The van der Waals surface area contributed by atoms with Crippen LogP contribution >= 0.6 is 0 Å². The fourth-order valence-electron chi connectivity index (χ4n) is 1.41. The van der Waals surface area contributed by atoms with Crippen LogP contribution in [-0.4, -0.2) is 21.5 Å². The number of aromatic nitrogens is 3. The molecule has 5 nitrogen and oxygen atoms in total. The largest absolute Gasteiger partial charge is 0.271 e. The third kappa shape index (κ3) is 1.73. The summed E-state index contributed by atoms with van der Waals surface area (Å²) in [4.78, 5) is 0. The maximum Gasteiger partial charge on any atom is 0.113 e. The van der Waals surface area contributed by atoms with E-state index in [9.17, 15) is 0 Å². The maximum atomic E-state index is 5.19. The maximum absolute atomic E-state index is 5.19. The highest BCUT2D eigenvalue weighted by Crippen LogP contribution is 2.09. The Hall–Kier alpha value is -1.46. The van der Waals surface area contributed by atoms with Crippen molar-refractivity contribution in [1.82, 2.24) is 20.4 Å². The molecule has 0 aliphatic carbocycles. The summed E-state index contributed by atoms with van der Waals surface area (Å²) >= 11 is 0. The minimum atomic E-state index is 0.786. The third-order valence-corrected chi connectivity index (χ3v) is 2.11. The van der Waals surface area contributed by atoms with Gasteiger partial charge in [0.15, 0.2) is 0 Å². The van der Waals surface area contributed by atoms with Gasteiger partial charge in [-0.2, -0.15) is 0 Å². The van der Waals surface area contributed by atoms with E-state index in [2.05, 4.69) is 15.7 Å². The zero-order valence-corrected chi connectivity index (χ0v) is 7.85. The number of hydrazine groups is 1. The molecule has 1 aromatic carbocycles. The molecule has 0 atom stereocenters. The van der Waals surface area contributed by atoms with E-state index in [1.807, 2.05) is 28.9 Å². The summed E-state index contributed by atoms with van der Waals surface area (Å²) in [6.07, 6.45) is 0.948. The molecule has 0 spiro atoms. The molecule has 74 valence electrons. The molecule has 0 fully saturated rings. The van der Waals surface area contributed by atoms with E-state index in [0.717, 1.165) is 30.5 Å². The molecule has 14 heavy (non-hydrogen) atoms. The van der Waals surface area contributed by atoms with Crippen molar-refractivity contribution in [2.24, 2.45) is 5.84 Å². The van der Waals surface area contributed by atoms with Gasteiger partial charge < -0.3 is 0 Å². The molecular weight excluding hydrogens is 178 g/mol. The van der Waals surface area contributed by atoms with E-state index in [1.165, 1.54) is 0 Å². The number of nitrogens with two attached hydrogens (primary N) is 1. The van der Waals surface area contributed by atoms with Crippen LogP contribution in [0.5, 0.6) is 0 Å². The average molecular weight is 191 g/mol. The molecule has 0 saturated heterocycles. The van der Waals surface area contributed by atoms with Crippen molar-refractivity contribution in [3.05, 3.63) is 24.3 Å². The standard InChI is InChI=1S/C9H13N5/c10-11-6-3-7-14-9-5-2-1-4-8(9)12-13-14/h1-2,4-5,11H,3,6-7,10H2. The number of aryl methyl sites for hydroxylation is 1. The van der Waals surface area contributed by atoms with E-state index in [4.69, 9.17) is 5.84 Å². The van der Waals surface area contributed by atoms with Crippen molar-refractivity contribution >= 4 is 11.0 Å². The predicted octanol–water partition coefficient (Wildman–Crippen LogP) is 0.285. The number of nitrogens with one attached hydrogen (secondary N) is 1. The summed E-state index contributed by atoms with van der Waals surface area (Å²) in [6, 6.07) is 7.93. The van der Waals surface area contributed by atoms with Gasteiger partial charge >= 0.3 is 0 Å². The van der Waals surface area contributed by atoms with Gasteiger partial charge in [0.05, 0.1) is 5.52 Å². The van der Waals surface area contributed by atoms with Gasteiger partial charge in [0.25, 0.3) is 0 Å². The van der Waals surface area contributed by atoms with Gasteiger partial charge in [-0.3, -0.25) is 11.3 Å². The average Bonchev–Trinajstić information content (AvgIpc) is 2.63. The van der Waals surface area contributed by atoms with Gasteiger partial charge in [0, 0.05) is 13.1 Å². The van der Waals surface area contributed by atoms with Crippen molar-refractivity contribution in [3.8, 4) is 0 Å². The SMILES string of the molecule is NNCCCn1nnc2ccccc21. The molecule has 0 bridgehead atoms. The smallest absolute Gasteiger partial charge is 0.113 e. The predicted molar refractivity (Wildman–Crippen MR) is 54.3 cm³/mol. The fourth-order valence-corrected chi connectivity index (χ4v) is 1.41. The lowest BCUT2D eigenvalue weighted by molar-refractivity contribution is 0.548. The second-order valence-electron chi connectivity index (χ2n) is 3.11. The molecule has 3 N–H and O–H groups in total. The van der Waals surface area contributed by atoms with Crippen LogP contribution in [0.3, 0.4) is 0 Å². The van der Waals surface area contributed by atoms with Crippen LogP contribution in [0.2, 0.25) is 0 Å². The third-order valence-electron chi connectivity index (χ3n) is 2.11. The minimum Gasteiger partial charge on any atom is -0.271 e. The summed E-state index contributed by atoms with van der Waals surface area (Å²) in [7, 11) is 0. The monoisotopic (exact) mass is 191 g/mol. The summed E-state index contributed by atoms with van der Waals surface area (Å²) < 4.78 is 1.90. The number of hydrogen-bond acceptors (Lipinski definition) is 4. The Kier molecular flexibility index (Phi) is 2.71. The quantitative estimate of drug-likeness (QED) is 0.414. The summed E-state index contributed by atoms with van der Waals surface area (Å²) in [5.41, 5.74) is 4.63. The highest BCUT2D eigenvalue weighted by atomic mass is 15.4. The molecular formula is C9H13N5. The van der Waals surface area contributed by atoms with Crippen molar-refractivity contribution in [3.63, 3.8) is 0 Å². The lowest BCUT2D eigenvalue weighted by atomic mass is 10.3. The van der Waals surface area contributed by atoms with Crippen molar-refractivity contribution < 1.29 is 0 Å². The first-order valence-corrected chi connectivity index (χ1v) is 4.63. The molecule has 0 aliphatic heterocycles. The fraction of sp³-hybridized carbons (Fsp3) is 0.333. The topological polar surface area (TPSA) is 68.8 Å². The lowest BCUT2D eigenvalue weighted by Crippen LogP contribution is -2.24. The summed E-state index contributed by atoms with van der Waals surface area (Å²) in [5.74, 6) is 5.19. The summed E-state index contributed by atoms with van der Waals surface area (Å²) in [6.45, 7) is 1.62. The number of rotatable bonds is 4. The first-order chi connectivity index (χ1) is 6.92. The Morgan fingerprint density at radius 1 is 1.36 bits per heavy atom. The first kappa shape index (κ1) is 9.11. The van der Waals surface area contributed by atoms with Gasteiger partial charge in [0.2, 0.25) is 0 Å². The molecule has 0 aliphatic rings. The van der Waals surface area contributed by atoms with Crippen LogP contribution in [0.25, 0.3) is 11.0 Å². The molecule has 1 aromatic heterocycles. The van der Waals surface area contributed by atoms with Gasteiger partial charge in [-0.25, -0.2) is 4.68 Å². The second kappa shape index (κ2) is 4.17. The Balaban J connectivity index is 2.17. The zero-order valence-electron chi connectivity index (χ0n) is 7.85. The van der Waals surface area contributed by atoms with Crippen molar-refractivity contribution in [2.75, 3.05) is 6.54 Å². The zero-order chi connectivity index (χ0) is 9.80. The summed E-state index contributed by atoms with van der Waals surface area (Å²) in [5, 5.41) is 8.12. The number of nitrogens with zero attached hydrogens (tertiary/aromatic N) is 3. The number of hydrogen-bond donors (Lipinski definition) is 2. The van der Waals surface area contributed by atoms with Crippen LogP contribution in [-0.2, 0) is 6.54 Å². The van der Waals surface area contributed by atoms with E-state index < -0.39 is 0 Å². The van der Waals surface area contributed by atoms with E-state index in [1.54, 1.807) is 0 Å². The van der Waals surface area contributed by atoms with Crippen LogP contribution in [0.15, 0.2) is 24.3 Å². The molecule has 5 heteroatoms. The van der Waals surface area contributed by atoms with Crippen LogP contribution in [0.1, 0.15) is 6.42 Å². The second-order valence-corrected chi connectivity index (χ2v) is 3.11. The van der Waals surface area contributed by atoms with Crippen molar-refractivity contribution in [2.45, 2.75) is 13.0 Å². The van der Waals surface area contributed by atoms with E-state index in [0.29, 0.717) is 0 Å². The minimum absolute atomic E-state index is 0.786. The van der Waals surface area contributed by atoms with Gasteiger partial charge in [-0.1, -0.05) is 17.3 Å². The molecule has 0 unspecified atom stereocenters. The van der Waals surface area contributed by atoms with Crippen molar-refractivity contribution in [1.29, 1.82) is 0 Å². The normalized spacial score (nSPS) is 10.9. The molecule has 0 saturated carbocycles. The number of fused-ring (bicyclic) bond motifs is 1. The van der Waals surface area contributed by atoms with Gasteiger partial charge in [-0.15, -0.1) is 5.10 Å². The van der Waals surface area contributed by atoms with E-state index in [-0.39, 0.29) is 0 Å². The molecule has 2 rings (SSSR count). The van der Waals surface area contributed by atoms with E-state index >= 15 is 0 Å².